The summed E-state index contributed by atoms with van der Waals surface area (Å²) >= 11 is 1.41. The van der Waals surface area contributed by atoms with Crippen molar-refractivity contribution in [2.45, 2.75) is 58.0 Å². The first-order valence-electron chi connectivity index (χ1n) is 9.64. The van der Waals surface area contributed by atoms with Crippen molar-refractivity contribution in [1.82, 2.24) is 20.5 Å². The zero-order chi connectivity index (χ0) is 19.8. The highest BCUT2D eigenvalue weighted by Gasteiger charge is 2.31. The number of carbonyl (C=O) groups is 3. The number of nitrogens with one attached hydrogen (secondary N) is 2. The second kappa shape index (κ2) is 10.5. The van der Waals surface area contributed by atoms with Gasteiger partial charge in [0.15, 0.2) is 6.29 Å². The van der Waals surface area contributed by atoms with Gasteiger partial charge in [0.05, 0.1) is 11.0 Å². The largest absolute Gasteiger partial charge is 0.354 e. The van der Waals surface area contributed by atoms with Gasteiger partial charge in [-0.05, 0) is 32.4 Å². The molecule has 27 heavy (non-hydrogen) atoms. The number of carbonyl (C=O) groups excluding carboxylic acids is 3. The highest BCUT2D eigenvalue weighted by Crippen LogP contribution is 2.16. The van der Waals surface area contributed by atoms with E-state index in [9.17, 15) is 14.4 Å². The molecule has 1 aliphatic heterocycles. The van der Waals surface area contributed by atoms with E-state index >= 15 is 0 Å². The molecule has 2 heterocycles. The third-order valence-electron chi connectivity index (χ3n) is 5.19. The summed E-state index contributed by atoms with van der Waals surface area (Å²) in [6.07, 6.45) is 5.07. The normalized spacial score (nSPS) is 19.9. The van der Waals surface area contributed by atoms with Crippen LogP contribution in [0, 0.1) is 5.92 Å². The highest BCUT2D eigenvalue weighted by molar-refractivity contribution is 7.09. The Hall–Kier alpha value is -1.80. The SMILES string of the molecule is CCC(C)[C@H](NC(=O)[C@H]1CCCCN1C)C(=O)NCCc1nc(C=O)cs1. The number of nitrogens with zero attached hydrogens (tertiary/aromatic N) is 2. The quantitative estimate of drug-likeness (QED) is 0.621. The monoisotopic (exact) mass is 394 g/mol. The van der Waals surface area contributed by atoms with E-state index < -0.39 is 6.04 Å². The van der Waals surface area contributed by atoms with Crippen LogP contribution in [0.1, 0.15) is 55.0 Å². The van der Waals surface area contributed by atoms with Crippen LogP contribution in [0.15, 0.2) is 5.38 Å². The third kappa shape index (κ3) is 6.10. The van der Waals surface area contributed by atoms with E-state index in [2.05, 4.69) is 20.5 Å². The average molecular weight is 395 g/mol. The van der Waals surface area contributed by atoms with Crippen molar-refractivity contribution in [1.29, 1.82) is 0 Å². The van der Waals surface area contributed by atoms with Crippen molar-refractivity contribution in [2.75, 3.05) is 20.1 Å². The molecule has 2 amide bonds. The van der Waals surface area contributed by atoms with Crippen molar-refractivity contribution in [3.05, 3.63) is 16.1 Å². The molecule has 0 radical (unpaired) electrons. The number of amides is 2. The first kappa shape index (κ1) is 21.5. The predicted octanol–water partition coefficient (Wildman–Crippen LogP) is 1.63. The maximum Gasteiger partial charge on any atom is 0.242 e. The molecule has 2 rings (SSSR count). The van der Waals surface area contributed by atoms with Crippen LogP contribution in [0.3, 0.4) is 0 Å². The number of aromatic nitrogens is 1. The lowest BCUT2D eigenvalue weighted by Crippen LogP contribution is -2.56. The van der Waals surface area contributed by atoms with Crippen molar-refractivity contribution >= 4 is 29.4 Å². The first-order chi connectivity index (χ1) is 13.0. The van der Waals surface area contributed by atoms with E-state index in [-0.39, 0.29) is 23.8 Å². The molecule has 2 N–H and O–H groups in total. The number of piperidine rings is 1. The summed E-state index contributed by atoms with van der Waals surface area (Å²) in [5.74, 6) is -0.180. The zero-order valence-electron chi connectivity index (χ0n) is 16.4. The third-order valence-corrected chi connectivity index (χ3v) is 6.12. The summed E-state index contributed by atoms with van der Waals surface area (Å²) in [5.41, 5.74) is 0.419. The van der Waals surface area contributed by atoms with Crippen molar-refractivity contribution in [2.24, 2.45) is 5.92 Å². The number of hydrogen-bond donors (Lipinski definition) is 2. The maximum atomic E-state index is 12.7. The number of likely N-dealkylation sites (N-methyl/N-ethyl adjacent to an activating group) is 1. The minimum absolute atomic E-state index is 0.0457. The molecule has 1 aromatic rings. The van der Waals surface area contributed by atoms with Gasteiger partial charge in [-0.2, -0.15) is 0 Å². The van der Waals surface area contributed by atoms with E-state index in [0.29, 0.717) is 18.7 Å². The molecule has 0 aliphatic carbocycles. The molecule has 3 atom stereocenters. The summed E-state index contributed by atoms with van der Waals surface area (Å²) in [5, 5.41) is 8.39. The minimum atomic E-state index is -0.542. The van der Waals surface area contributed by atoms with Crippen LogP contribution in [0.2, 0.25) is 0 Å². The van der Waals surface area contributed by atoms with Crippen molar-refractivity contribution in [3.8, 4) is 0 Å². The summed E-state index contributed by atoms with van der Waals surface area (Å²) in [6.45, 7) is 5.33. The van der Waals surface area contributed by atoms with Gasteiger partial charge in [0, 0.05) is 18.3 Å². The van der Waals surface area contributed by atoms with Crippen LogP contribution < -0.4 is 10.6 Å². The maximum absolute atomic E-state index is 12.7. The van der Waals surface area contributed by atoms with Gasteiger partial charge in [0.25, 0.3) is 0 Å². The Labute approximate surface area is 164 Å². The van der Waals surface area contributed by atoms with E-state index in [1.54, 1.807) is 5.38 Å². The van der Waals surface area contributed by atoms with Gasteiger partial charge < -0.3 is 10.6 Å². The van der Waals surface area contributed by atoms with E-state index in [4.69, 9.17) is 0 Å². The standard InChI is InChI=1S/C19H30N4O3S/c1-4-13(2)17(22-18(25)15-7-5-6-10-23(15)3)19(26)20-9-8-16-21-14(11-24)12-27-16/h11-13,15,17H,4-10H2,1-3H3,(H,20,26)(H,22,25)/t13?,15-,17+/m1/s1. The fourth-order valence-electron chi connectivity index (χ4n) is 3.25. The molecule has 1 unspecified atom stereocenters. The Morgan fingerprint density at radius 2 is 2.22 bits per heavy atom. The molecule has 1 aromatic heterocycles. The van der Waals surface area contributed by atoms with Gasteiger partial charge >= 0.3 is 0 Å². The van der Waals surface area contributed by atoms with Crippen molar-refractivity contribution < 1.29 is 14.4 Å². The van der Waals surface area contributed by atoms with Crippen LogP contribution in [-0.4, -0.2) is 60.2 Å². The predicted molar refractivity (Wildman–Crippen MR) is 106 cm³/mol. The van der Waals surface area contributed by atoms with E-state index in [1.807, 2.05) is 20.9 Å². The van der Waals surface area contributed by atoms with Gasteiger partial charge in [-0.3, -0.25) is 19.3 Å². The molecule has 0 bridgehead atoms. The molecule has 1 saturated heterocycles. The summed E-state index contributed by atoms with van der Waals surface area (Å²) < 4.78 is 0. The molecule has 8 heteroatoms. The van der Waals surface area contributed by atoms with Crippen molar-refractivity contribution in [3.63, 3.8) is 0 Å². The Morgan fingerprint density at radius 3 is 2.85 bits per heavy atom. The van der Waals surface area contributed by atoms with Crippen LogP contribution in [0.25, 0.3) is 0 Å². The Kier molecular flexibility index (Phi) is 8.37. The number of likely N-dealkylation sites (tertiary alicyclic amines) is 1. The fourth-order valence-corrected chi connectivity index (χ4v) is 4.00. The zero-order valence-corrected chi connectivity index (χ0v) is 17.2. The molecule has 0 spiro atoms. The molecule has 1 aliphatic rings. The smallest absolute Gasteiger partial charge is 0.242 e. The summed E-state index contributed by atoms with van der Waals surface area (Å²) in [7, 11) is 1.96. The molecule has 0 aromatic carbocycles. The first-order valence-corrected chi connectivity index (χ1v) is 10.5. The topological polar surface area (TPSA) is 91.4 Å². The summed E-state index contributed by atoms with van der Waals surface area (Å²) in [4.78, 5) is 42.3. The summed E-state index contributed by atoms with van der Waals surface area (Å²) in [6, 6.07) is -0.699. The fraction of sp³-hybridized carbons (Fsp3) is 0.684. The van der Waals surface area contributed by atoms with Gasteiger partial charge in [0.2, 0.25) is 11.8 Å². The number of rotatable bonds is 9. The van der Waals surface area contributed by atoms with Crippen LogP contribution in [-0.2, 0) is 16.0 Å². The van der Waals surface area contributed by atoms with E-state index in [1.165, 1.54) is 11.3 Å². The second-order valence-corrected chi connectivity index (χ2v) is 8.13. The van der Waals surface area contributed by atoms with Crippen LogP contribution in [0.4, 0.5) is 0 Å². The Morgan fingerprint density at radius 1 is 1.44 bits per heavy atom. The molecular formula is C19H30N4O3S. The van der Waals surface area contributed by atoms with Gasteiger partial charge in [-0.1, -0.05) is 26.7 Å². The lowest BCUT2D eigenvalue weighted by atomic mass is 9.96. The number of aldehydes is 1. The molecular weight excluding hydrogens is 364 g/mol. The lowest BCUT2D eigenvalue weighted by Gasteiger charge is -2.33. The minimum Gasteiger partial charge on any atom is -0.354 e. The van der Waals surface area contributed by atoms with Gasteiger partial charge in [-0.25, -0.2) is 4.98 Å². The lowest BCUT2D eigenvalue weighted by molar-refractivity contribution is -0.133. The number of hydrogen-bond acceptors (Lipinski definition) is 6. The van der Waals surface area contributed by atoms with Gasteiger partial charge in [0.1, 0.15) is 11.7 Å². The Bertz CT molecular complexity index is 649. The Balaban J connectivity index is 1.90. The van der Waals surface area contributed by atoms with Gasteiger partial charge in [-0.15, -0.1) is 11.3 Å². The number of thiazole rings is 1. The average Bonchev–Trinajstić information content (AvgIpc) is 3.13. The molecule has 7 nitrogen and oxygen atoms in total. The molecule has 1 fully saturated rings. The van der Waals surface area contributed by atoms with Crippen LogP contribution >= 0.6 is 11.3 Å². The molecule has 150 valence electrons. The highest BCUT2D eigenvalue weighted by atomic mass is 32.1. The van der Waals surface area contributed by atoms with Crippen LogP contribution in [0.5, 0.6) is 0 Å². The molecule has 0 saturated carbocycles. The second-order valence-electron chi connectivity index (χ2n) is 7.19. The van der Waals surface area contributed by atoms with E-state index in [0.717, 1.165) is 43.5 Å².